The van der Waals surface area contributed by atoms with Crippen LogP contribution in [0, 0.1) is 11.3 Å². The average Bonchev–Trinajstić information content (AvgIpc) is 3.17. The van der Waals surface area contributed by atoms with Crippen LogP contribution in [-0.2, 0) is 20.3 Å². The minimum absolute atomic E-state index is 0.268. The maximum absolute atomic E-state index is 13.0. The highest BCUT2D eigenvalue weighted by atomic mass is 19.4. The van der Waals surface area contributed by atoms with E-state index in [1.165, 1.54) is 16.8 Å². The van der Waals surface area contributed by atoms with Crippen LogP contribution in [0.1, 0.15) is 21.5 Å². The molecule has 0 saturated heterocycles. The minimum atomic E-state index is -4.46. The van der Waals surface area contributed by atoms with Crippen LogP contribution in [0.15, 0.2) is 48.8 Å². The number of benzene rings is 2. The smallest absolute Gasteiger partial charge is 0.350 e. The largest absolute Gasteiger partial charge is 0.416 e. The Morgan fingerprint density at radius 3 is 2.41 bits per heavy atom. The number of nitrogens with one attached hydrogen (secondary N) is 1. The number of nitrogens with zero attached hydrogens (tertiary/aromatic N) is 3. The maximum Gasteiger partial charge on any atom is 0.416 e. The molecule has 8 heteroatoms. The molecule has 1 amide bonds. The average molecular weight is 396 g/mol. The van der Waals surface area contributed by atoms with Gasteiger partial charge in [-0.1, -0.05) is 6.07 Å². The van der Waals surface area contributed by atoms with E-state index in [-0.39, 0.29) is 5.56 Å². The van der Waals surface area contributed by atoms with Crippen molar-refractivity contribution < 1.29 is 18.0 Å². The lowest BCUT2D eigenvalue weighted by molar-refractivity contribution is -0.137. The van der Waals surface area contributed by atoms with Crippen molar-refractivity contribution in [2.45, 2.75) is 6.18 Å². The number of aryl methyl sites for hydroxylation is 2. The number of hydrogen-bond donors (Lipinski definition) is 1. The van der Waals surface area contributed by atoms with Crippen LogP contribution in [-0.4, -0.2) is 15.0 Å². The highest BCUT2D eigenvalue weighted by molar-refractivity contribution is 6.15. The quantitative estimate of drug-likeness (QED) is 0.528. The fourth-order valence-corrected chi connectivity index (χ4v) is 3.49. The fraction of sp³-hybridized carbons (Fsp3) is 0.143. The molecule has 2 aromatic carbocycles. The number of nitriles is 1. The molecule has 146 valence electrons. The van der Waals surface area contributed by atoms with Crippen molar-refractivity contribution in [2.75, 3.05) is 5.32 Å². The normalized spacial score (nSPS) is 11.7. The summed E-state index contributed by atoms with van der Waals surface area (Å²) in [5, 5.41) is 13.1. The third-order valence-electron chi connectivity index (χ3n) is 4.93. The number of anilines is 1. The van der Waals surface area contributed by atoms with Crippen LogP contribution in [0.25, 0.3) is 21.8 Å². The van der Waals surface area contributed by atoms with Gasteiger partial charge in [0.1, 0.15) is 0 Å². The van der Waals surface area contributed by atoms with Gasteiger partial charge < -0.3 is 14.5 Å². The molecule has 0 aliphatic carbocycles. The van der Waals surface area contributed by atoms with Gasteiger partial charge in [0.25, 0.3) is 5.91 Å². The molecule has 0 fully saturated rings. The Morgan fingerprint density at radius 1 is 1.00 bits per heavy atom. The summed E-state index contributed by atoms with van der Waals surface area (Å²) >= 11 is 0. The topological polar surface area (TPSA) is 62.8 Å². The van der Waals surface area contributed by atoms with Crippen molar-refractivity contribution in [1.82, 2.24) is 9.13 Å². The molecular weight excluding hydrogens is 381 g/mol. The first-order valence-electron chi connectivity index (χ1n) is 8.66. The lowest BCUT2D eigenvalue weighted by Gasteiger charge is -2.07. The van der Waals surface area contributed by atoms with Crippen molar-refractivity contribution in [2.24, 2.45) is 14.1 Å². The molecule has 0 aliphatic heterocycles. The Morgan fingerprint density at radius 2 is 1.72 bits per heavy atom. The predicted molar refractivity (Wildman–Crippen MR) is 104 cm³/mol. The molecule has 2 aromatic heterocycles. The standard InChI is InChI=1S/C21H15F3N4O/c1-27-10-16(14-5-4-13(8-19(14)27)21(22,23)24)20(29)26-17-11-28(2)18-6-3-12(9-25)7-15(17)18/h3-8,10-11H,1-2H3,(H,26,29). The molecule has 2 heterocycles. The highest BCUT2D eigenvalue weighted by Crippen LogP contribution is 2.33. The number of aromatic nitrogens is 2. The van der Waals surface area contributed by atoms with E-state index in [4.69, 9.17) is 5.26 Å². The second kappa shape index (κ2) is 6.41. The van der Waals surface area contributed by atoms with E-state index in [1.54, 1.807) is 31.4 Å². The summed E-state index contributed by atoms with van der Waals surface area (Å²) in [4.78, 5) is 12.9. The summed E-state index contributed by atoms with van der Waals surface area (Å²) in [7, 11) is 3.41. The lowest BCUT2D eigenvalue weighted by Crippen LogP contribution is -2.11. The molecule has 1 N–H and O–H groups in total. The van der Waals surface area contributed by atoms with Gasteiger partial charge >= 0.3 is 6.18 Å². The van der Waals surface area contributed by atoms with Crippen LogP contribution in [0.4, 0.5) is 18.9 Å². The zero-order valence-electron chi connectivity index (χ0n) is 15.5. The predicted octanol–water partition coefficient (Wildman–Crippen LogP) is 4.81. The van der Waals surface area contributed by atoms with Gasteiger partial charge in [-0.25, -0.2) is 0 Å². The van der Waals surface area contributed by atoms with Crippen LogP contribution >= 0.6 is 0 Å². The second-order valence-electron chi connectivity index (χ2n) is 6.83. The second-order valence-corrected chi connectivity index (χ2v) is 6.83. The first-order chi connectivity index (χ1) is 13.7. The molecule has 0 saturated carbocycles. The third-order valence-corrected chi connectivity index (χ3v) is 4.93. The number of hydrogen-bond acceptors (Lipinski definition) is 2. The lowest BCUT2D eigenvalue weighted by atomic mass is 10.1. The zero-order chi connectivity index (χ0) is 20.9. The Labute approximate surface area is 163 Å². The van der Waals surface area contributed by atoms with Crippen molar-refractivity contribution in [1.29, 1.82) is 5.26 Å². The summed E-state index contributed by atoms with van der Waals surface area (Å²) in [6.07, 6.45) is -1.22. The summed E-state index contributed by atoms with van der Waals surface area (Å²) in [6, 6.07) is 10.5. The molecule has 0 atom stereocenters. The number of alkyl halides is 3. The summed E-state index contributed by atoms with van der Waals surface area (Å²) in [5.41, 5.74) is 1.64. The zero-order valence-corrected chi connectivity index (χ0v) is 15.5. The molecule has 5 nitrogen and oxygen atoms in total. The first-order valence-corrected chi connectivity index (χ1v) is 8.66. The van der Waals surface area contributed by atoms with E-state index in [9.17, 15) is 18.0 Å². The van der Waals surface area contributed by atoms with Gasteiger partial charge in [-0.2, -0.15) is 18.4 Å². The minimum Gasteiger partial charge on any atom is -0.350 e. The van der Waals surface area contributed by atoms with E-state index in [2.05, 4.69) is 11.4 Å². The molecule has 0 unspecified atom stereocenters. The highest BCUT2D eigenvalue weighted by Gasteiger charge is 2.31. The van der Waals surface area contributed by atoms with E-state index in [1.807, 2.05) is 11.6 Å². The Balaban J connectivity index is 1.75. The summed E-state index contributed by atoms with van der Waals surface area (Å²) in [6.45, 7) is 0. The van der Waals surface area contributed by atoms with Crippen molar-refractivity contribution in [3.8, 4) is 6.07 Å². The van der Waals surface area contributed by atoms with Crippen LogP contribution < -0.4 is 5.32 Å². The van der Waals surface area contributed by atoms with Crippen LogP contribution in [0.2, 0.25) is 0 Å². The van der Waals surface area contributed by atoms with E-state index >= 15 is 0 Å². The van der Waals surface area contributed by atoms with Crippen molar-refractivity contribution in [3.63, 3.8) is 0 Å². The van der Waals surface area contributed by atoms with Crippen LogP contribution in [0.5, 0.6) is 0 Å². The molecule has 0 aliphatic rings. The molecule has 0 bridgehead atoms. The molecule has 29 heavy (non-hydrogen) atoms. The molecule has 0 radical (unpaired) electrons. The third kappa shape index (κ3) is 3.10. The SMILES string of the molecule is Cn1cc(NC(=O)c2cn(C)c3cc(C(F)(F)F)ccc23)c2cc(C#N)ccc21. The van der Waals surface area contributed by atoms with Gasteiger partial charge in [-0.05, 0) is 30.3 Å². The van der Waals surface area contributed by atoms with Gasteiger partial charge in [0.2, 0.25) is 0 Å². The molecule has 4 rings (SSSR count). The summed E-state index contributed by atoms with van der Waals surface area (Å²) in [5.74, 6) is -0.440. The summed E-state index contributed by atoms with van der Waals surface area (Å²) < 4.78 is 42.3. The van der Waals surface area contributed by atoms with Gasteiger partial charge in [-0.15, -0.1) is 0 Å². The van der Waals surface area contributed by atoms with E-state index in [0.29, 0.717) is 27.5 Å². The number of carbonyl (C=O) groups excluding carboxylic acids is 1. The molecule has 4 aromatic rings. The molecular formula is C21H15F3N4O. The van der Waals surface area contributed by atoms with Gasteiger partial charge in [0, 0.05) is 48.3 Å². The number of fused-ring (bicyclic) bond motifs is 2. The van der Waals surface area contributed by atoms with Gasteiger partial charge in [0.15, 0.2) is 0 Å². The number of rotatable bonds is 2. The Bertz CT molecular complexity index is 1320. The van der Waals surface area contributed by atoms with E-state index < -0.39 is 17.6 Å². The first kappa shape index (κ1) is 18.6. The van der Waals surface area contributed by atoms with Crippen molar-refractivity contribution in [3.05, 3.63) is 65.5 Å². The number of halogens is 3. The van der Waals surface area contributed by atoms with Crippen LogP contribution in [0.3, 0.4) is 0 Å². The number of amides is 1. The van der Waals surface area contributed by atoms with Gasteiger partial charge in [-0.3, -0.25) is 4.79 Å². The monoisotopic (exact) mass is 396 g/mol. The fourth-order valence-electron chi connectivity index (χ4n) is 3.49. The van der Waals surface area contributed by atoms with Gasteiger partial charge in [0.05, 0.1) is 28.4 Å². The molecule has 0 spiro atoms. The maximum atomic E-state index is 13.0. The number of carbonyl (C=O) groups is 1. The Hall–Kier alpha value is -3.73. The van der Waals surface area contributed by atoms with Crippen molar-refractivity contribution >= 4 is 33.4 Å². The Kier molecular flexibility index (Phi) is 4.12. The van der Waals surface area contributed by atoms with E-state index in [0.717, 1.165) is 17.6 Å².